The highest BCUT2D eigenvalue weighted by Crippen LogP contribution is 2.09. The predicted molar refractivity (Wildman–Crippen MR) is 97.9 cm³/mol. The van der Waals surface area contributed by atoms with E-state index < -0.39 is 5.91 Å². The molecule has 1 aromatic carbocycles. The number of aromatic amines is 1. The van der Waals surface area contributed by atoms with Gasteiger partial charge in [0.25, 0.3) is 5.91 Å². The normalized spacial score (nSPS) is 14.8. The van der Waals surface area contributed by atoms with Crippen LogP contribution in [0.3, 0.4) is 0 Å². The topological polar surface area (TPSA) is 108 Å². The maximum absolute atomic E-state index is 12.4. The summed E-state index contributed by atoms with van der Waals surface area (Å²) in [6, 6.07) is 7.11. The minimum atomic E-state index is -0.552. The van der Waals surface area contributed by atoms with Gasteiger partial charge in [0.1, 0.15) is 5.56 Å². The minimum absolute atomic E-state index is 0. The number of para-hydroxylation sites is 1. The van der Waals surface area contributed by atoms with Crippen LogP contribution >= 0.6 is 12.4 Å². The van der Waals surface area contributed by atoms with Gasteiger partial charge in [-0.2, -0.15) is 0 Å². The van der Waals surface area contributed by atoms with Gasteiger partial charge >= 0.3 is 0 Å². The second-order valence-corrected chi connectivity index (χ2v) is 5.98. The molecule has 7 nitrogen and oxygen atoms in total. The van der Waals surface area contributed by atoms with E-state index in [-0.39, 0.29) is 41.9 Å². The van der Waals surface area contributed by atoms with Crippen LogP contribution in [-0.4, -0.2) is 47.4 Å². The van der Waals surface area contributed by atoms with Gasteiger partial charge in [-0.25, -0.2) is 0 Å². The van der Waals surface area contributed by atoms with E-state index in [2.05, 4.69) is 10.3 Å². The van der Waals surface area contributed by atoms with Crippen LogP contribution < -0.4 is 16.5 Å². The maximum Gasteiger partial charge on any atom is 0.257 e. The second kappa shape index (κ2) is 8.13. The Balaban J connectivity index is 0.00000225. The van der Waals surface area contributed by atoms with E-state index >= 15 is 0 Å². The molecule has 0 radical (unpaired) electrons. The largest absolute Gasteiger partial charge is 0.360 e. The average Bonchev–Trinajstić information content (AvgIpc) is 2.60. The molecule has 25 heavy (non-hydrogen) atoms. The average molecular weight is 365 g/mol. The van der Waals surface area contributed by atoms with Crippen LogP contribution in [-0.2, 0) is 4.79 Å². The molecular formula is C17H21ClN4O3. The van der Waals surface area contributed by atoms with Gasteiger partial charge in [-0.15, -0.1) is 12.4 Å². The van der Waals surface area contributed by atoms with Crippen molar-refractivity contribution in [2.45, 2.75) is 18.9 Å². The number of nitrogens with two attached hydrogens (primary N) is 1. The standard InChI is InChI=1S/C17H20N4O3.ClH/c18-11-5-7-21(8-6-11)15(22)10-20-17(24)13-9-19-14-4-2-1-3-12(14)16(13)23;/h1-4,9,11H,5-8,10,18H2,(H,19,23)(H,20,24);1H. The fraction of sp³-hybridized carbons (Fsp3) is 0.353. The van der Waals surface area contributed by atoms with Crippen molar-refractivity contribution in [3.8, 4) is 0 Å². The molecule has 2 aromatic rings. The quantitative estimate of drug-likeness (QED) is 0.742. The lowest BCUT2D eigenvalue weighted by molar-refractivity contribution is -0.131. The monoisotopic (exact) mass is 364 g/mol. The Labute approximate surface area is 151 Å². The van der Waals surface area contributed by atoms with Crippen molar-refractivity contribution in [2.75, 3.05) is 19.6 Å². The first-order valence-corrected chi connectivity index (χ1v) is 7.98. The van der Waals surface area contributed by atoms with Crippen molar-refractivity contribution in [3.05, 3.63) is 46.2 Å². The van der Waals surface area contributed by atoms with Gasteiger partial charge in [0.05, 0.1) is 6.54 Å². The highest BCUT2D eigenvalue weighted by atomic mass is 35.5. The fourth-order valence-electron chi connectivity index (χ4n) is 2.85. The lowest BCUT2D eigenvalue weighted by atomic mass is 10.1. The van der Waals surface area contributed by atoms with E-state index in [1.807, 2.05) is 0 Å². The molecule has 0 unspecified atom stereocenters. The van der Waals surface area contributed by atoms with Gasteiger partial charge in [-0.05, 0) is 25.0 Å². The molecule has 4 N–H and O–H groups in total. The third-order valence-corrected chi connectivity index (χ3v) is 4.33. The molecule has 1 aromatic heterocycles. The van der Waals surface area contributed by atoms with Crippen LogP contribution in [0, 0.1) is 0 Å². The van der Waals surface area contributed by atoms with Crippen molar-refractivity contribution < 1.29 is 9.59 Å². The van der Waals surface area contributed by atoms with Crippen LogP contribution in [0.5, 0.6) is 0 Å². The summed E-state index contributed by atoms with van der Waals surface area (Å²) >= 11 is 0. The summed E-state index contributed by atoms with van der Waals surface area (Å²) < 4.78 is 0. The van der Waals surface area contributed by atoms with Crippen molar-refractivity contribution in [3.63, 3.8) is 0 Å². The first-order valence-electron chi connectivity index (χ1n) is 7.98. The number of rotatable bonds is 3. The summed E-state index contributed by atoms with van der Waals surface area (Å²) in [6.07, 6.45) is 2.92. The summed E-state index contributed by atoms with van der Waals surface area (Å²) in [6.45, 7) is 1.08. The molecule has 8 heteroatoms. The summed E-state index contributed by atoms with van der Waals surface area (Å²) in [5, 5.41) is 2.98. The Bertz CT molecular complexity index is 828. The van der Waals surface area contributed by atoms with Crippen molar-refractivity contribution >= 4 is 35.1 Å². The van der Waals surface area contributed by atoms with Crippen molar-refractivity contribution in [1.82, 2.24) is 15.2 Å². The summed E-state index contributed by atoms with van der Waals surface area (Å²) in [5.74, 6) is -0.712. The molecule has 1 aliphatic rings. The van der Waals surface area contributed by atoms with Crippen molar-refractivity contribution in [1.29, 1.82) is 0 Å². The van der Waals surface area contributed by atoms with Gasteiger partial charge in [-0.1, -0.05) is 12.1 Å². The molecule has 0 aliphatic carbocycles. The number of carbonyl (C=O) groups excluding carboxylic acids is 2. The molecule has 2 amide bonds. The van der Waals surface area contributed by atoms with Crippen LogP contribution in [0.4, 0.5) is 0 Å². The van der Waals surface area contributed by atoms with Crippen LogP contribution in [0.1, 0.15) is 23.2 Å². The number of fused-ring (bicyclic) bond motifs is 1. The Morgan fingerprint density at radius 2 is 1.92 bits per heavy atom. The third kappa shape index (κ3) is 4.18. The molecule has 1 saturated heterocycles. The smallest absolute Gasteiger partial charge is 0.257 e. The van der Waals surface area contributed by atoms with Crippen LogP contribution in [0.2, 0.25) is 0 Å². The number of pyridine rings is 1. The number of hydrogen-bond donors (Lipinski definition) is 3. The molecule has 0 bridgehead atoms. The second-order valence-electron chi connectivity index (χ2n) is 5.98. The molecule has 1 aliphatic heterocycles. The number of aromatic nitrogens is 1. The summed E-state index contributed by atoms with van der Waals surface area (Å²) in [5.41, 5.74) is 6.13. The molecule has 134 valence electrons. The first-order chi connectivity index (χ1) is 11.6. The number of nitrogens with one attached hydrogen (secondary N) is 2. The highest BCUT2D eigenvalue weighted by molar-refractivity contribution is 5.98. The molecule has 2 heterocycles. The maximum atomic E-state index is 12.4. The number of benzene rings is 1. The van der Waals surface area contributed by atoms with E-state index in [4.69, 9.17) is 5.73 Å². The van der Waals surface area contributed by atoms with E-state index in [0.717, 1.165) is 12.8 Å². The molecular weight excluding hydrogens is 344 g/mol. The summed E-state index contributed by atoms with van der Waals surface area (Å²) in [7, 11) is 0. The first kappa shape index (κ1) is 19.0. The zero-order valence-electron chi connectivity index (χ0n) is 13.7. The molecule has 3 rings (SSSR count). The van der Waals surface area contributed by atoms with Gasteiger partial charge in [-0.3, -0.25) is 14.4 Å². The van der Waals surface area contributed by atoms with E-state index in [9.17, 15) is 14.4 Å². The number of amides is 2. The number of piperidine rings is 1. The van der Waals surface area contributed by atoms with E-state index in [1.165, 1.54) is 6.20 Å². The summed E-state index contributed by atoms with van der Waals surface area (Å²) in [4.78, 5) is 41.3. The van der Waals surface area contributed by atoms with E-state index in [1.54, 1.807) is 29.2 Å². The number of H-pyrrole nitrogens is 1. The van der Waals surface area contributed by atoms with Crippen LogP contribution in [0.25, 0.3) is 10.9 Å². The molecule has 1 fully saturated rings. The van der Waals surface area contributed by atoms with Crippen molar-refractivity contribution in [2.24, 2.45) is 5.73 Å². The van der Waals surface area contributed by atoms with E-state index in [0.29, 0.717) is 24.0 Å². The Hall–Kier alpha value is -2.38. The predicted octanol–water partition coefficient (Wildman–Crippen LogP) is 0.629. The zero-order valence-corrected chi connectivity index (χ0v) is 14.5. The number of likely N-dealkylation sites (tertiary alicyclic amines) is 1. The van der Waals surface area contributed by atoms with Gasteiger partial charge in [0, 0.05) is 36.2 Å². The lowest BCUT2D eigenvalue weighted by Gasteiger charge is -2.30. The Kier molecular flexibility index (Phi) is 6.17. The number of nitrogens with zero attached hydrogens (tertiary/aromatic N) is 1. The van der Waals surface area contributed by atoms with Gasteiger partial charge in [0.2, 0.25) is 11.3 Å². The number of halogens is 1. The Morgan fingerprint density at radius 1 is 1.24 bits per heavy atom. The number of hydrogen-bond acceptors (Lipinski definition) is 4. The fourth-order valence-corrected chi connectivity index (χ4v) is 2.85. The number of carbonyl (C=O) groups is 2. The third-order valence-electron chi connectivity index (χ3n) is 4.33. The highest BCUT2D eigenvalue weighted by Gasteiger charge is 2.21. The molecule has 0 atom stereocenters. The molecule has 0 saturated carbocycles. The zero-order chi connectivity index (χ0) is 17.1. The van der Waals surface area contributed by atoms with Crippen LogP contribution in [0.15, 0.2) is 35.3 Å². The minimum Gasteiger partial charge on any atom is -0.360 e. The van der Waals surface area contributed by atoms with Gasteiger partial charge < -0.3 is 20.9 Å². The Morgan fingerprint density at radius 3 is 2.64 bits per heavy atom. The molecule has 0 spiro atoms. The van der Waals surface area contributed by atoms with Gasteiger partial charge in [0.15, 0.2) is 0 Å². The lowest BCUT2D eigenvalue weighted by Crippen LogP contribution is -2.47. The SMILES string of the molecule is Cl.NC1CCN(C(=O)CNC(=O)c2c[nH]c3ccccc3c2=O)CC1.